The van der Waals surface area contributed by atoms with E-state index in [1.165, 1.54) is 52.8 Å². The van der Waals surface area contributed by atoms with Gasteiger partial charge in [-0.1, -0.05) is 68.3 Å². The third-order valence-corrected chi connectivity index (χ3v) is 12.6. The molecule has 0 saturated carbocycles. The molecule has 0 spiro atoms. The van der Waals surface area contributed by atoms with E-state index >= 15 is 9.59 Å². The van der Waals surface area contributed by atoms with Crippen LogP contribution in [0.15, 0.2) is 97.1 Å². The van der Waals surface area contributed by atoms with Crippen LogP contribution in [0, 0.1) is 0 Å². The van der Waals surface area contributed by atoms with Gasteiger partial charge in [0.05, 0.1) is 52.3 Å². The van der Waals surface area contributed by atoms with Gasteiger partial charge in [0.2, 0.25) is 35.4 Å². The molecule has 0 aromatic heterocycles. The first-order valence-corrected chi connectivity index (χ1v) is 24.0. The summed E-state index contributed by atoms with van der Waals surface area (Å²) in [6.07, 6.45) is 2.33. The van der Waals surface area contributed by atoms with Crippen LogP contribution in [0.1, 0.15) is 71.0 Å². The fourth-order valence-electron chi connectivity index (χ4n) is 8.41. The number of carbonyl (C=O) groups is 6. The molecule has 382 valence electrons. The van der Waals surface area contributed by atoms with Gasteiger partial charge < -0.3 is 53.5 Å². The number of anilines is 1. The molecule has 4 aromatic rings. The van der Waals surface area contributed by atoms with Crippen LogP contribution in [-0.2, 0) is 39.9 Å². The van der Waals surface area contributed by atoms with Crippen LogP contribution < -0.4 is 29.2 Å². The van der Waals surface area contributed by atoms with Crippen molar-refractivity contribution in [1.82, 2.24) is 24.9 Å². The molecule has 1 fully saturated rings. The molecule has 4 atom stereocenters. The number of hydrogen-bond donors (Lipinski definition) is 1. The maximum absolute atomic E-state index is 15.1. The van der Waals surface area contributed by atoms with Gasteiger partial charge in [0.1, 0.15) is 61.0 Å². The van der Waals surface area contributed by atoms with Gasteiger partial charge in [0.15, 0.2) is 0 Å². The molecule has 0 bridgehead atoms. The first-order chi connectivity index (χ1) is 34.1. The Morgan fingerprint density at radius 1 is 0.620 bits per heavy atom. The first-order valence-electron chi connectivity index (χ1n) is 24.0. The maximum Gasteiger partial charge on any atom is 0.247 e. The summed E-state index contributed by atoms with van der Waals surface area (Å²) in [7, 11) is 5.95. The third-order valence-electron chi connectivity index (χ3n) is 12.6. The van der Waals surface area contributed by atoms with Crippen molar-refractivity contribution >= 4 is 41.1 Å². The molecule has 0 unspecified atom stereocenters. The molecular formula is C54H70N6O11. The molecule has 5 rings (SSSR count). The average Bonchev–Trinajstić information content (AvgIpc) is 3.38. The number of methoxy groups -OCH3 is 4. The van der Waals surface area contributed by atoms with Gasteiger partial charge in [-0.2, -0.15) is 0 Å². The number of para-hydroxylation sites is 2. The van der Waals surface area contributed by atoms with Crippen LogP contribution >= 0.6 is 0 Å². The number of hydrogen-bond acceptors (Lipinski definition) is 11. The number of amides is 6. The normalized spacial score (nSPS) is 17.3. The first kappa shape index (κ1) is 54.8. The molecular weight excluding hydrogens is 909 g/mol. The molecule has 1 aliphatic rings. The molecule has 4 aromatic carbocycles. The van der Waals surface area contributed by atoms with E-state index in [-0.39, 0.29) is 25.3 Å². The van der Waals surface area contributed by atoms with Crippen molar-refractivity contribution in [2.75, 3.05) is 79.2 Å². The van der Waals surface area contributed by atoms with Gasteiger partial charge in [-0.05, 0) is 82.0 Å². The van der Waals surface area contributed by atoms with Crippen LogP contribution in [-0.4, -0.2) is 147 Å². The highest BCUT2D eigenvalue weighted by Crippen LogP contribution is 2.31. The summed E-state index contributed by atoms with van der Waals surface area (Å²) < 4.78 is 28.2. The summed E-state index contributed by atoms with van der Waals surface area (Å²) in [5.41, 5.74) is 1.67. The lowest BCUT2D eigenvalue weighted by molar-refractivity contribution is -0.149. The zero-order chi connectivity index (χ0) is 51.6. The molecule has 1 saturated heterocycles. The SMILES string of the molecule is CCCC[C@H](C)N1CC(=O)N([C@@H](C)c2ccc(OC)cc2)CC(=O)N([C@@H](C)COC)CC(=O)N[C@H](C)C(=O)N(CCc2ccccc2Oc2ccccc2)CC(=O)N(c2cc(OC)cc(OC)c2)CC1=O. The molecule has 17 nitrogen and oxygen atoms in total. The predicted molar refractivity (Wildman–Crippen MR) is 270 cm³/mol. The maximum atomic E-state index is 15.1. The lowest BCUT2D eigenvalue weighted by Crippen LogP contribution is -2.57. The second-order valence-corrected chi connectivity index (χ2v) is 17.7. The minimum absolute atomic E-state index is 0.00442. The van der Waals surface area contributed by atoms with Crippen LogP contribution in [0.3, 0.4) is 0 Å². The third kappa shape index (κ3) is 15.2. The Balaban J connectivity index is 1.63. The molecule has 0 radical (unpaired) electrons. The summed E-state index contributed by atoms with van der Waals surface area (Å²) in [5.74, 6) is -1.09. The monoisotopic (exact) mass is 979 g/mol. The fourth-order valence-corrected chi connectivity index (χ4v) is 8.41. The van der Waals surface area contributed by atoms with E-state index in [9.17, 15) is 19.2 Å². The number of nitrogens with zero attached hydrogens (tertiary/aromatic N) is 5. The van der Waals surface area contributed by atoms with Gasteiger partial charge >= 0.3 is 0 Å². The van der Waals surface area contributed by atoms with Gasteiger partial charge in [-0.25, -0.2) is 0 Å². The van der Waals surface area contributed by atoms with E-state index in [1.54, 1.807) is 63.4 Å². The predicted octanol–water partition coefficient (Wildman–Crippen LogP) is 6.29. The van der Waals surface area contributed by atoms with Gasteiger partial charge in [0.25, 0.3) is 0 Å². The van der Waals surface area contributed by atoms with Crippen molar-refractivity contribution < 1.29 is 52.5 Å². The minimum Gasteiger partial charge on any atom is -0.497 e. The van der Waals surface area contributed by atoms with Crippen molar-refractivity contribution in [1.29, 1.82) is 0 Å². The Labute approximate surface area is 417 Å². The number of rotatable bonds is 18. The topological polar surface area (TPSA) is 177 Å². The summed E-state index contributed by atoms with van der Waals surface area (Å²) >= 11 is 0. The second-order valence-electron chi connectivity index (χ2n) is 17.7. The van der Waals surface area contributed by atoms with Crippen molar-refractivity contribution in [2.45, 2.75) is 84.5 Å². The number of carbonyl (C=O) groups excluding carboxylic acids is 6. The quantitative estimate of drug-likeness (QED) is 0.119. The van der Waals surface area contributed by atoms with E-state index < -0.39 is 92.3 Å². The Morgan fingerprint density at radius 2 is 1.21 bits per heavy atom. The highest BCUT2D eigenvalue weighted by atomic mass is 16.5. The molecule has 1 heterocycles. The second kappa shape index (κ2) is 26.7. The largest absolute Gasteiger partial charge is 0.497 e. The van der Waals surface area contributed by atoms with Crippen LogP contribution in [0.25, 0.3) is 0 Å². The zero-order valence-electron chi connectivity index (χ0n) is 42.6. The lowest BCUT2D eigenvalue weighted by Gasteiger charge is -2.37. The zero-order valence-corrected chi connectivity index (χ0v) is 42.6. The van der Waals surface area contributed by atoms with Crippen molar-refractivity contribution in [3.8, 4) is 28.7 Å². The summed E-state index contributed by atoms with van der Waals surface area (Å²) in [6, 6.07) is 25.5. The minimum atomic E-state index is -1.19. The van der Waals surface area contributed by atoms with E-state index in [4.69, 9.17) is 23.7 Å². The van der Waals surface area contributed by atoms with Crippen LogP contribution in [0.2, 0.25) is 0 Å². The lowest BCUT2D eigenvalue weighted by atomic mass is 10.1. The molecule has 1 N–H and O–H groups in total. The highest BCUT2D eigenvalue weighted by molar-refractivity contribution is 6.02. The number of ether oxygens (including phenoxy) is 5. The summed E-state index contributed by atoms with van der Waals surface area (Å²) in [4.78, 5) is 95.3. The molecule has 71 heavy (non-hydrogen) atoms. The van der Waals surface area contributed by atoms with Gasteiger partial charge in [0, 0.05) is 37.9 Å². The highest BCUT2D eigenvalue weighted by Gasteiger charge is 2.35. The van der Waals surface area contributed by atoms with E-state index in [1.807, 2.05) is 68.4 Å². The van der Waals surface area contributed by atoms with E-state index in [0.717, 1.165) is 18.4 Å². The van der Waals surface area contributed by atoms with E-state index in [2.05, 4.69) is 5.32 Å². The summed E-state index contributed by atoms with van der Waals surface area (Å²) in [5, 5.41) is 2.76. The molecule has 0 aliphatic carbocycles. The summed E-state index contributed by atoms with van der Waals surface area (Å²) in [6.45, 7) is 6.49. The number of unbranched alkanes of at least 4 members (excludes halogenated alkanes) is 1. The Morgan fingerprint density at radius 3 is 1.85 bits per heavy atom. The average molecular weight is 979 g/mol. The van der Waals surface area contributed by atoms with E-state index in [0.29, 0.717) is 40.7 Å². The molecule has 6 amide bonds. The fraction of sp³-hybridized carbons (Fsp3) is 0.444. The van der Waals surface area contributed by atoms with Gasteiger partial charge in [-0.15, -0.1) is 0 Å². The Bertz CT molecular complexity index is 2400. The number of benzene rings is 4. The van der Waals surface area contributed by atoms with Crippen molar-refractivity contribution in [3.63, 3.8) is 0 Å². The Hall–Kier alpha value is -7.14. The van der Waals surface area contributed by atoms with Gasteiger partial charge in [-0.3, -0.25) is 28.8 Å². The van der Waals surface area contributed by atoms with Crippen molar-refractivity contribution in [3.05, 3.63) is 108 Å². The standard InChI is InChI=1S/C54H70N6O11/c1-10-11-17-37(2)58-33-53(65)59(40(5)41-22-24-44(68-7)25-23-41)34-51(63)57(38(3)36-67-6)31-49(61)55-39(4)54(66)56(27-26-42-18-15-16-21-48(42)71-45-19-13-12-14-20-45)32-50(62)60(35-52(58)64)43-28-46(69-8)30-47(29-43)70-9/h12-16,18-25,28-30,37-40H,10-11,17,26-27,31-36H2,1-9H3,(H,55,61)/t37-,38-,39+,40-/m0/s1. The molecule has 1 aliphatic heterocycles. The number of nitrogens with one attached hydrogen (secondary N) is 1. The van der Waals surface area contributed by atoms with Crippen LogP contribution in [0.5, 0.6) is 28.7 Å². The molecule has 17 heteroatoms. The Kier molecular flexibility index (Phi) is 20.6. The van der Waals surface area contributed by atoms with Crippen LogP contribution in [0.4, 0.5) is 5.69 Å². The smallest absolute Gasteiger partial charge is 0.247 e. The van der Waals surface area contributed by atoms with Crippen molar-refractivity contribution in [2.24, 2.45) is 0 Å².